The maximum absolute atomic E-state index is 12.4. The van der Waals surface area contributed by atoms with Crippen LogP contribution < -0.4 is 10.2 Å². The van der Waals surface area contributed by atoms with E-state index in [1.807, 2.05) is 4.90 Å². The molecule has 1 aromatic rings. The van der Waals surface area contributed by atoms with Gasteiger partial charge < -0.3 is 20.0 Å². The van der Waals surface area contributed by atoms with Crippen LogP contribution in [0.1, 0.15) is 18.9 Å². The number of hydrogen-bond acceptors (Lipinski definition) is 3. The molecule has 1 fully saturated rings. The lowest BCUT2D eigenvalue weighted by Crippen LogP contribution is -2.46. The molecule has 132 valence electrons. The van der Waals surface area contributed by atoms with Crippen molar-refractivity contribution in [2.45, 2.75) is 25.8 Å². The van der Waals surface area contributed by atoms with E-state index in [2.05, 4.69) is 60.4 Å². The van der Waals surface area contributed by atoms with Crippen LogP contribution in [0.25, 0.3) is 0 Å². The van der Waals surface area contributed by atoms with Crippen molar-refractivity contribution < 1.29 is 4.79 Å². The zero-order chi connectivity index (χ0) is 17.1. The fourth-order valence-electron chi connectivity index (χ4n) is 3.96. The molecule has 0 saturated carbocycles. The molecule has 0 bridgehead atoms. The first-order valence-corrected chi connectivity index (χ1v) is 9.06. The van der Waals surface area contributed by atoms with Crippen molar-refractivity contribution in [3.63, 3.8) is 0 Å². The Morgan fingerprint density at radius 3 is 2.92 bits per heavy atom. The number of anilines is 1. The Kier molecular flexibility index (Phi) is 5.29. The highest BCUT2D eigenvalue weighted by atomic mass is 16.2. The summed E-state index contributed by atoms with van der Waals surface area (Å²) < 4.78 is 0. The van der Waals surface area contributed by atoms with Gasteiger partial charge in [0.1, 0.15) is 0 Å². The predicted molar refractivity (Wildman–Crippen MR) is 98.6 cm³/mol. The number of nitrogens with zero attached hydrogens (tertiary/aromatic N) is 3. The Morgan fingerprint density at radius 1 is 1.33 bits per heavy atom. The van der Waals surface area contributed by atoms with E-state index in [4.69, 9.17) is 0 Å². The fourth-order valence-corrected chi connectivity index (χ4v) is 3.96. The Morgan fingerprint density at radius 2 is 2.12 bits per heavy atom. The highest BCUT2D eigenvalue weighted by Crippen LogP contribution is 2.28. The largest absolute Gasteiger partial charge is 0.366 e. The van der Waals surface area contributed by atoms with Crippen molar-refractivity contribution in [3.8, 4) is 0 Å². The van der Waals surface area contributed by atoms with E-state index in [0.29, 0.717) is 18.5 Å². The molecule has 5 nitrogen and oxygen atoms in total. The maximum atomic E-state index is 12.4. The molecule has 1 saturated heterocycles. The average Bonchev–Trinajstić information content (AvgIpc) is 3.18. The molecule has 1 aromatic carbocycles. The second-order valence-corrected chi connectivity index (χ2v) is 7.47. The van der Waals surface area contributed by atoms with E-state index in [-0.39, 0.29) is 6.03 Å². The summed E-state index contributed by atoms with van der Waals surface area (Å²) in [6.07, 6.45) is 2.22. The van der Waals surface area contributed by atoms with Gasteiger partial charge >= 0.3 is 6.03 Å². The van der Waals surface area contributed by atoms with Gasteiger partial charge in [0.05, 0.1) is 0 Å². The summed E-state index contributed by atoms with van der Waals surface area (Å²) in [6.45, 7) is 6.76. The van der Waals surface area contributed by atoms with Gasteiger partial charge in [-0.25, -0.2) is 4.79 Å². The van der Waals surface area contributed by atoms with Gasteiger partial charge in [-0.2, -0.15) is 0 Å². The molecule has 2 aliphatic rings. The first kappa shape index (κ1) is 17.1. The molecule has 3 rings (SSSR count). The van der Waals surface area contributed by atoms with Crippen LogP contribution in [-0.2, 0) is 6.42 Å². The summed E-state index contributed by atoms with van der Waals surface area (Å²) in [5, 5.41) is 3.14. The van der Waals surface area contributed by atoms with Crippen LogP contribution in [0.4, 0.5) is 10.5 Å². The summed E-state index contributed by atoms with van der Waals surface area (Å²) in [5.74, 6) is 0.605. The number of likely N-dealkylation sites (tertiary alicyclic amines) is 1. The number of amides is 2. The highest BCUT2D eigenvalue weighted by molar-refractivity contribution is 5.74. The lowest BCUT2D eigenvalue weighted by Gasteiger charge is -2.28. The van der Waals surface area contributed by atoms with E-state index in [1.54, 1.807) is 0 Å². The number of nitrogens with one attached hydrogen (secondary N) is 1. The van der Waals surface area contributed by atoms with Gasteiger partial charge in [-0.15, -0.1) is 0 Å². The average molecular weight is 330 g/mol. The molecule has 0 aliphatic carbocycles. The first-order valence-electron chi connectivity index (χ1n) is 9.06. The van der Waals surface area contributed by atoms with E-state index < -0.39 is 0 Å². The van der Waals surface area contributed by atoms with E-state index in [0.717, 1.165) is 39.0 Å². The highest BCUT2D eigenvalue weighted by Gasteiger charge is 2.28. The quantitative estimate of drug-likeness (QED) is 0.898. The van der Waals surface area contributed by atoms with Crippen LogP contribution in [0.15, 0.2) is 24.3 Å². The Bertz CT molecular complexity index is 574. The molecule has 24 heavy (non-hydrogen) atoms. The number of fused-ring (bicyclic) bond motifs is 1. The Balaban J connectivity index is 1.47. The molecule has 0 radical (unpaired) electrons. The second-order valence-electron chi connectivity index (χ2n) is 7.47. The second kappa shape index (κ2) is 7.43. The van der Waals surface area contributed by atoms with E-state index in [9.17, 15) is 4.79 Å². The molecule has 2 amide bonds. The van der Waals surface area contributed by atoms with Crippen LogP contribution in [0, 0.1) is 5.92 Å². The zero-order valence-electron chi connectivity index (χ0n) is 15.2. The van der Waals surface area contributed by atoms with Gasteiger partial charge in [0, 0.05) is 44.5 Å². The fraction of sp³-hybridized carbons (Fsp3) is 0.632. The molecule has 2 unspecified atom stereocenters. The van der Waals surface area contributed by atoms with Crippen molar-refractivity contribution in [1.29, 1.82) is 0 Å². The third-order valence-corrected chi connectivity index (χ3v) is 5.20. The summed E-state index contributed by atoms with van der Waals surface area (Å²) in [6, 6.07) is 9.00. The number of urea groups is 1. The molecule has 5 heteroatoms. The molecule has 2 aliphatic heterocycles. The third kappa shape index (κ3) is 3.83. The van der Waals surface area contributed by atoms with Crippen LogP contribution in [0.3, 0.4) is 0 Å². The molecule has 0 aromatic heterocycles. The van der Waals surface area contributed by atoms with Gasteiger partial charge in [0.15, 0.2) is 0 Å². The van der Waals surface area contributed by atoms with Gasteiger partial charge in [-0.3, -0.25) is 0 Å². The smallest absolute Gasteiger partial charge is 0.317 e. The summed E-state index contributed by atoms with van der Waals surface area (Å²) in [7, 11) is 4.19. The van der Waals surface area contributed by atoms with Crippen molar-refractivity contribution in [1.82, 2.24) is 15.1 Å². The van der Waals surface area contributed by atoms with Gasteiger partial charge in [0.2, 0.25) is 0 Å². The number of carbonyl (C=O) groups excluding carboxylic acids is 1. The minimum Gasteiger partial charge on any atom is -0.366 e. The molecular formula is C19H30N4O. The molecule has 2 atom stereocenters. The van der Waals surface area contributed by atoms with Gasteiger partial charge in [0.25, 0.3) is 0 Å². The van der Waals surface area contributed by atoms with Gasteiger partial charge in [-0.1, -0.05) is 18.2 Å². The molecular weight excluding hydrogens is 300 g/mol. The summed E-state index contributed by atoms with van der Waals surface area (Å²) >= 11 is 0. The van der Waals surface area contributed by atoms with Crippen LogP contribution >= 0.6 is 0 Å². The lowest BCUT2D eigenvalue weighted by molar-refractivity contribution is 0.205. The van der Waals surface area contributed by atoms with Crippen LogP contribution in [0.5, 0.6) is 0 Å². The van der Waals surface area contributed by atoms with Crippen LogP contribution in [-0.4, -0.2) is 68.7 Å². The topological polar surface area (TPSA) is 38.8 Å². The van der Waals surface area contributed by atoms with Crippen molar-refractivity contribution in [2.24, 2.45) is 5.92 Å². The molecule has 2 heterocycles. The number of rotatable bonds is 5. The number of benzene rings is 1. The third-order valence-electron chi connectivity index (χ3n) is 5.20. The molecule has 0 spiro atoms. The Labute approximate surface area is 145 Å². The van der Waals surface area contributed by atoms with Crippen molar-refractivity contribution in [2.75, 3.05) is 51.7 Å². The predicted octanol–water partition coefficient (Wildman–Crippen LogP) is 2.03. The Hall–Kier alpha value is -1.75. The molecule has 1 N–H and O–H groups in total. The number of hydrogen-bond donors (Lipinski definition) is 1. The van der Waals surface area contributed by atoms with Crippen molar-refractivity contribution >= 4 is 11.7 Å². The monoisotopic (exact) mass is 330 g/mol. The minimum atomic E-state index is 0.0931. The maximum Gasteiger partial charge on any atom is 0.317 e. The SMILES string of the molecule is CC(CNC(=O)N1CCC(CN(C)C)C1)N1CCc2ccccc21. The number of para-hydroxylation sites is 1. The normalized spacial score (nSPS) is 21.2. The number of carbonyl (C=O) groups is 1. The van der Waals surface area contributed by atoms with Gasteiger partial charge in [-0.05, 0) is 51.4 Å². The summed E-state index contributed by atoms with van der Waals surface area (Å²) in [5.41, 5.74) is 2.74. The van der Waals surface area contributed by atoms with E-state index in [1.165, 1.54) is 11.3 Å². The summed E-state index contributed by atoms with van der Waals surface area (Å²) in [4.78, 5) is 19.0. The van der Waals surface area contributed by atoms with Crippen molar-refractivity contribution in [3.05, 3.63) is 29.8 Å². The minimum absolute atomic E-state index is 0.0931. The van der Waals surface area contributed by atoms with E-state index >= 15 is 0 Å². The first-order chi connectivity index (χ1) is 11.5. The lowest BCUT2D eigenvalue weighted by atomic mass is 10.1. The zero-order valence-corrected chi connectivity index (χ0v) is 15.2. The van der Waals surface area contributed by atoms with Crippen LogP contribution in [0.2, 0.25) is 0 Å². The standard InChI is InChI=1S/C19H30N4O/c1-15(23-11-9-17-6-4-5-7-18(17)23)12-20-19(24)22-10-8-16(14-22)13-21(2)3/h4-7,15-16H,8-14H2,1-3H3,(H,20,24).